The van der Waals surface area contributed by atoms with Crippen LogP contribution in [0.4, 0.5) is 0 Å². The summed E-state index contributed by atoms with van der Waals surface area (Å²) in [5.41, 5.74) is 5.37. The maximum Gasteiger partial charge on any atom is 0.268 e. The van der Waals surface area contributed by atoms with Crippen LogP contribution in [0.3, 0.4) is 0 Å². The molecule has 0 bridgehead atoms. The molecular weight excluding hydrogens is 170 g/mol. The van der Waals surface area contributed by atoms with E-state index in [1.807, 2.05) is 0 Å². The predicted molar refractivity (Wildman–Crippen MR) is 46.9 cm³/mol. The summed E-state index contributed by atoms with van der Waals surface area (Å²) in [7, 11) is 1.75. The Balaban J connectivity index is 2.59. The van der Waals surface area contributed by atoms with Crippen molar-refractivity contribution in [1.29, 1.82) is 0 Å². The lowest BCUT2D eigenvalue weighted by molar-refractivity contribution is -0.117. The molecule has 0 aliphatic carbocycles. The van der Waals surface area contributed by atoms with E-state index >= 15 is 0 Å². The molecule has 0 radical (unpaired) electrons. The van der Waals surface area contributed by atoms with Crippen molar-refractivity contribution in [1.82, 2.24) is 9.88 Å². The van der Waals surface area contributed by atoms with Gasteiger partial charge in [0, 0.05) is 13.2 Å². The Labute approximate surface area is 75.5 Å². The average molecular weight is 181 g/mol. The maximum atomic E-state index is 11.3. The molecule has 0 atom stereocenters. The van der Waals surface area contributed by atoms with Crippen LogP contribution in [0.5, 0.6) is 0 Å². The van der Waals surface area contributed by atoms with Crippen molar-refractivity contribution in [3.63, 3.8) is 0 Å². The number of hydrogen-bond donors (Lipinski definition) is 2. The van der Waals surface area contributed by atoms with Crippen LogP contribution in [-0.4, -0.2) is 22.9 Å². The number of carbonyl (C=O) groups excluding carboxylic acids is 2. The van der Waals surface area contributed by atoms with E-state index in [0.29, 0.717) is 5.69 Å². The van der Waals surface area contributed by atoms with Gasteiger partial charge in [0.15, 0.2) is 0 Å². The number of nitrogens with zero attached hydrogens (tertiary/aromatic N) is 1. The second-order valence-electron chi connectivity index (χ2n) is 2.65. The fourth-order valence-electron chi connectivity index (χ4n) is 0.955. The van der Waals surface area contributed by atoms with Gasteiger partial charge in [-0.2, -0.15) is 0 Å². The van der Waals surface area contributed by atoms with Crippen molar-refractivity contribution in [2.24, 2.45) is 12.8 Å². The van der Waals surface area contributed by atoms with E-state index in [-0.39, 0.29) is 12.5 Å². The first-order chi connectivity index (χ1) is 6.11. The molecule has 1 aromatic heterocycles. The number of primary amides is 1. The summed E-state index contributed by atoms with van der Waals surface area (Å²) >= 11 is 0. The normalized spacial score (nSPS) is 9.62. The van der Waals surface area contributed by atoms with Gasteiger partial charge in [-0.1, -0.05) is 0 Å². The molecule has 2 amide bonds. The highest BCUT2D eigenvalue weighted by Gasteiger charge is 2.08. The molecule has 3 N–H and O–H groups in total. The molecule has 13 heavy (non-hydrogen) atoms. The summed E-state index contributed by atoms with van der Waals surface area (Å²) in [4.78, 5) is 21.7. The molecule has 70 valence electrons. The summed E-state index contributed by atoms with van der Waals surface area (Å²) in [6.07, 6.45) is 1.75. The second kappa shape index (κ2) is 3.75. The number of aryl methyl sites for hydroxylation is 1. The highest BCUT2D eigenvalue weighted by Crippen LogP contribution is 1.98. The van der Waals surface area contributed by atoms with Crippen LogP contribution in [0.1, 0.15) is 10.5 Å². The third-order valence-electron chi connectivity index (χ3n) is 1.60. The van der Waals surface area contributed by atoms with Crippen LogP contribution in [0.2, 0.25) is 0 Å². The van der Waals surface area contributed by atoms with Crippen LogP contribution in [0.15, 0.2) is 18.3 Å². The Hall–Kier alpha value is -1.78. The van der Waals surface area contributed by atoms with Crippen LogP contribution in [0, 0.1) is 0 Å². The van der Waals surface area contributed by atoms with Crippen molar-refractivity contribution in [3.05, 3.63) is 24.0 Å². The van der Waals surface area contributed by atoms with Gasteiger partial charge in [0.25, 0.3) is 5.91 Å². The molecular formula is C8H11N3O2. The van der Waals surface area contributed by atoms with Gasteiger partial charge in [0.2, 0.25) is 5.91 Å². The first-order valence-electron chi connectivity index (χ1n) is 3.79. The predicted octanol–water partition coefficient (Wildman–Crippen LogP) is -0.760. The quantitative estimate of drug-likeness (QED) is 0.643. The van der Waals surface area contributed by atoms with E-state index in [4.69, 9.17) is 5.73 Å². The van der Waals surface area contributed by atoms with Gasteiger partial charge in [-0.3, -0.25) is 9.59 Å². The summed E-state index contributed by atoms with van der Waals surface area (Å²) in [5, 5.41) is 2.39. The van der Waals surface area contributed by atoms with Crippen molar-refractivity contribution < 1.29 is 9.59 Å². The Morgan fingerprint density at radius 3 is 2.77 bits per heavy atom. The number of rotatable bonds is 3. The lowest BCUT2D eigenvalue weighted by Gasteiger charge is -2.03. The number of carbonyl (C=O) groups is 2. The monoisotopic (exact) mass is 181 g/mol. The van der Waals surface area contributed by atoms with Crippen LogP contribution >= 0.6 is 0 Å². The van der Waals surface area contributed by atoms with E-state index in [1.54, 1.807) is 29.9 Å². The second-order valence-corrected chi connectivity index (χ2v) is 2.65. The third kappa shape index (κ3) is 2.33. The van der Waals surface area contributed by atoms with Gasteiger partial charge >= 0.3 is 0 Å². The van der Waals surface area contributed by atoms with Crippen molar-refractivity contribution >= 4 is 11.8 Å². The van der Waals surface area contributed by atoms with Gasteiger partial charge < -0.3 is 15.6 Å². The van der Waals surface area contributed by atoms with E-state index in [1.165, 1.54) is 0 Å². The zero-order valence-corrected chi connectivity index (χ0v) is 7.28. The number of nitrogens with one attached hydrogen (secondary N) is 1. The van der Waals surface area contributed by atoms with Gasteiger partial charge in [-0.25, -0.2) is 0 Å². The molecule has 0 fully saturated rings. The molecule has 5 nitrogen and oxygen atoms in total. The fraction of sp³-hybridized carbons (Fsp3) is 0.250. The van der Waals surface area contributed by atoms with E-state index < -0.39 is 5.91 Å². The van der Waals surface area contributed by atoms with Gasteiger partial charge in [-0.15, -0.1) is 0 Å². The van der Waals surface area contributed by atoms with Gasteiger partial charge in [0.05, 0.1) is 6.54 Å². The third-order valence-corrected chi connectivity index (χ3v) is 1.60. The minimum atomic E-state index is -0.553. The number of hydrogen-bond acceptors (Lipinski definition) is 2. The highest BCUT2D eigenvalue weighted by molar-refractivity contribution is 5.94. The van der Waals surface area contributed by atoms with Crippen molar-refractivity contribution in [3.8, 4) is 0 Å². The molecule has 0 spiro atoms. The SMILES string of the molecule is Cn1cccc1C(=O)NCC(N)=O. The topological polar surface area (TPSA) is 77.1 Å². The number of aromatic nitrogens is 1. The Morgan fingerprint density at radius 2 is 2.31 bits per heavy atom. The molecule has 0 aliphatic heterocycles. The molecule has 0 unspecified atom stereocenters. The van der Waals surface area contributed by atoms with Gasteiger partial charge in [-0.05, 0) is 12.1 Å². The standard InChI is InChI=1S/C8H11N3O2/c1-11-4-2-3-6(11)8(13)10-5-7(9)12/h2-4H,5H2,1H3,(H2,9,12)(H,10,13). The molecule has 1 heterocycles. The molecule has 1 rings (SSSR count). The van der Waals surface area contributed by atoms with Crippen LogP contribution in [-0.2, 0) is 11.8 Å². The zero-order chi connectivity index (χ0) is 9.84. The Bertz CT molecular complexity index is 330. The highest BCUT2D eigenvalue weighted by atomic mass is 16.2. The first kappa shape index (κ1) is 9.31. The molecule has 0 aromatic carbocycles. The minimum Gasteiger partial charge on any atom is -0.368 e. The molecule has 0 aliphatic rings. The molecule has 1 aromatic rings. The lowest BCUT2D eigenvalue weighted by atomic mass is 10.4. The van der Waals surface area contributed by atoms with Crippen LogP contribution in [0.25, 0.3) is 0 Å². The first-order valence-corrected chi connectivity index (χ1v) is 3.79. The van der Waals surface area contributed by atoms with Crippen molar-refractivity contribution in [2.45, 2.75) is 0 Å². The van der Waals surface area contributed by atoms with E-state index in [0.717, 1.165) is 0 Å². The summed E-state index contributed by atoms with van der Waals surface area (Å²) in [5.74, 6) is -0.853. The van der Waals surface area contributed by atoms with E-state index in [9.17, 15) is 9.59 Å². The lowest BCUT2D eigenvalue weighted by Crippen LogP contribution is -2.34. The summed E-state index contributed by atoms with van der Waals surface area (Å²) < 4.78 is 1.66. The zero-order valence-electron chi connectivity index (χ0n) is 7.28. The van der Waals surface area contributed by atoms with Crippen molar-refractivity contribution in [2.75, 3.05) is 6.54 Å². The fourth-order valence-corrected chi connectivity index (χ4v) is 0.955. The Kier molecular flexibility index (Phi) is 2.69. The van der Waals surface area contributed by atoms with Crippen LogP contribution < -0.4 is 11.1 Å². The summed E-state index contributed by atoms with van der Waals surface area (Å²) in [6.45, 7) is -0.135. The number of amides is 2. The molecule has 0 saturated carbocycles. The molecule has 5 heteroatoms. The average Bonchev–Trinajstić information content (AvgIpc) is 2.47. The van der Waals surface area contributed by atoms with Gasteiger partial charge in [0.1, 0.15) is 5.69 Å². The Morgan fingerprint density at radius 1 is 1.62 bits per heavy atom. The van der Waals surface area contributed by atoms with E-state index in [2.05, 4.69) is 5.32 Å². The smallest absolute Gasteiger partial charge is 0.268 e. The maximum absolute atomic E-state index is 11.3. The minimum absolute atomic E-state index is 0.135. The molecule has 0 saturated heterocycles. The largest absolute Gasteiger partial charge is 0.368 e. The summed E-state index contributed by atoms with van der Waals surface area (Å²) in [6, 6.07) is 3.41. The number of nitrogens with two attached hydrogens (primary N) is 1.